The average molecular weight is 434 g/mol. The maximum Gasteiger partial charge on any atom is 0.255 e. The summed E-state index contributed by atoms with van der Waals surface area (Å²) in [4.78, 5) is 30.8. The van der Waals surface area contributed by atoms with Gasteiger partial charge >= 0.3 is 0 Å². The molecule has 0 aliphatic carbocycles. The molecule has 1 aliphatic heterocycles. The van der Waals surface area contributed by atoms with E-state index in [-0.39, 0.29) is 24.3 Å². The van der Waals surface area contributed by atoms with Crippen LogP contribution in [0.4, 0.5) is 0 Å². The first-order valence-electron chi connectivity index (χ1n) is 11.5. The zero-order valence-electron chi connectivity index (χ0n) is 18.6. The summed E-state index contributed by atoms with van der Waals surface area (Å²) in [7, 11) is 0. The molecule has 6 nitrogen and oxygen atoms in total. The maximum atomic E-state index is 13.2. The van der Waals surface area contributed by atoms with Crippen molar-refractivity contribution in [1.29, 1.82) is 0 Å². The van der Waals surface area contributed by atoms with Crippen molar-refractivity contribution in [2.45, 2.75) is 38.6 Å². The van der Waals surface area contributed by atoms with E-state index in [9.17, 15) is 9.59 Å². The number of aromatic nitrogens is 1. The Bertz CT molecular complexity index is 1070. The summed E-state index contributed by atoms with van der Waals surface area (Å²) in [6.07, 6.45) is 5.23. The number of amides is 2. The number of ether oxygens (including phenoxy) is 1. The van der Waals surface area contributed by atoms with Crippen LogP contribution in [0.5, 0.6) is 0 Å². The Labute approximate surface area is 188 Å². The fourth-order valence-corrected chi connectivity index (χ4v) is 4.32. The third-order valence-corrected chi connectivity index (χ3v) is 5.98. The Balaban J connectivity index is 1.41. The molecule has 0 spiro atoms. The monoisotopic (exact) mass is 433 g/mol. The molecule has 2 aromatic carbocycles. The predicted molar refractivity (Wildman–Crippen MR) is 126 cm³/mol. The van der Waals surface area contributed by atoms with Crippen molar-refractivity contribution in [2.75, 3.05) is 26.3 Å². The number of carbonyl (C=O) groups excluding carboxylic acids is 2. The molecule has 6 heteroatoms. The van der Waals surface area contributed by atoms with E-state index in [0.29, 0.717) is 25.3 Å². The quantitative estimate of drug-likeness (QED) is 0.440. The highest BCUT2D eigenvalue weighted by atomic mass is 16.5. The van der Waals surface area contributed by atoms with Crippen molar-refractivity contribution in [3.05, 3.63) is 71.4 Å². The summed E-state index contributed by atoms with van der Waals surface area (Å²) < 4.78 is 5.53. The van der Waals surface area contributed by atoms with Crippen LogP contribution < -0.4 is 5.32 Å². The molecule has 3 aromatic rings. The molecule has 0 radical (unpaired) electrons. The second kappa shape index (κ2) is 10.5. The van der Waals surface area contributed by atoms with Crippen LogP contribution in [0.2, 0.25) is 0 Å². The number of unbranched alkanes of at least 4 members (excludes halogenated alkanes) is 1. The summed E-state index contributed by atoms with van der Waals surface area (Å²) in [6, 6.07) is 15.6. The highest BCUT2D eigenvalue weighted by Crippen LogP contribution is 2.41. The minimum atomic E-state index is -0.199. The second-order valence-electron chi connectivity index (χ2n) is 8.20. The van der Waals surface area contributed by atoms with E-state index < -0.39 is 0 Å². The molecule has 2 N–H and O–H groups in total. The molecule has 0 saturated carbocycles. The van der Waals surface area contributed by atoms with E-state index in [1.165, 1.54) is 0 Å². The molecular weight excluding hydrogens is 402 g/mol. The second-order valence-corrected chi connectivity index (χ2v) is 8.20. The topological polar surface area (TPSA) is 74.4 Å². The molecule has 0 saturated heterocycles. The van der Waals surface area contributed by atoms with Gasteiger partial charge in [-0.1, -0.05) is 49.7 Å². The van der Waals surface area contributed by atoms with E-state index in [4.69, 9.17) is 4.74 Å². The zero-order valence-corrected chi connectivity index (χ0v) is 18.6. The van der Waals surface area contributed by atoms with Crippen LogP contribution >= 0.6 is 0 Å². The molecular formula is C26H31N3O3. The van der Waals surface area contributed by atoms with E-state index >= 15 is 0 Å². The molecule has 168 valence electrons. The first-order valence-corrected chi connectivity index (χ1v) is 11.5. The average Bonchev–Trinajstić information content (AvgIpc) is 3.36. The Morgan fingerprint density at radius 3 is 2.72 bits per heavy atom. The standard InChI is InChI=1S/C26H31N3O3/c1-2-3-16-32-17-8-14-27-24(30)13-15-29-25(20-10-4-5-11-21(20)26(29)31)22-18-28-23-12-7-6-9-19(22)23/h4-7,9-12,18,25,28H,2-3,8,13-17H2,1H3,(H,27,30)/t25-/m1/s1. The number of fused-ring (bicyclic) bond motifs is 2. The Morgan fingerprint density at radius 1 is 1.06 bits per heavy atom. The first kappa shape index (κ1) is 22.1. The predicted octanol–water partition coefficient (Wildman–Crippen LogP) is 4.43. The molecule has 0 bridgehead atoms. The SMILES string of the molecule is CCCCOCCCNC(=O)CCN1C(=O)c2ccccc2[C@@H]1c1c[nH]c2ccccc12. The number of hydrogen-bond acceptors (Lipinski definition) is 3. The lowest BCUT2D eigenvalue weighted by Crippen LogP contribution is -2.34. The lowest BCUT2D eigenvalue weighted by atomic mass is 9.97. The van der Waals surface area contributed by atoms with Crippen molar-refractivity contribution < 1.29 is 14.3 Å². The molecule has 1 aliphatic rings. The molecule has 2 heterocycles. The number of para-hydroxylation sites is 1. The van der Waals surface area contributed by atoms with Gasteiger partial charge < -0.3 is 19.9 Å². The summed E-state index contributed by atoms with van der Waals surface area (Å²) in [6.45, 7) is 4.53. The van der Waals surface area contributed by atoms with Crippen molar-refractivity contribution >= 4 is 22.7 Å². The number of rotatable bonds is 11. The smallest absolute Gasteiger partial charge is 0.255 e. The van der Waals surface area contributed by atoms with Crippen molar-refractivity contribution in [3.63, 3.8) is 0 Å². The summed E-state index contributed by atoms with van der Waals surface area (Å²) in [5, 5.41) is 4.05. The van der Waals surface area contributed by atoms with Gasteiger partial charge in [-0.2, -0.15) is 0 Å². The van der Waals surface area contributed by atoms with Gasteiger partial charge in [-0.15, -0.1) is 0 Å². The minimum absolute atomic E-state index is 0.0204. The molecule has 1 aromatic heterocycles. The lowest BCUT2D eigenvalue weighted by molar-refractivity contribution is -0.121. The van der Waals surface area contributed by atoms with Gasteiger partial charge in [-0.3, -0.25) is 9.59 Å². The van der Waals surface area contributed by atoms with E-state index in [1.807, 2.05) is 53.6 Å². The summed E-state index contributed by atoms with van der Waals surface area (Å²) >= 11 is 0. The molecule has 4 rings (SSSR count). The van der Waals surface area contributed by atoms with E-state index in [0.717, 1.165) is 47.9 Å². The summed E-state index contributed by atoms with van der Waals surface area (Å²) in [5.41, 5.74) is 3.81. The Kier molecular flexibility index (Phi) is 7.22. The maximum absolute atomic E-state index is 13.2. The van der Waals surface area contributed by atoms with Gasteiger partial charge in [0.15, 0.2) is 0 Å². The minimum Gasteiger partial charge on any atom is -0.381 e. The highest BCUT2D eigenvalue weighted by molar-refractivity contribution is 6.01. The van der Waals surface area contributed by atoms with Crippen LogP contribution in [0.15, 0.2) is 54.7 Å². The normalized spacial score (nSPS) is 15.3. The molecule has 1 atom stereocenters. The van der Waals surface area contributed by atoms with Crippen molar-refractivity contribution in [3.8, 4) is 0 Å². The number of hydrogen-bond donors (Lipinski definition) is 2. The lowest BCUT2D eigenvalue weighted by Gasteiger charge is -2.25. The van der Waals surface area contributed by atoms with E-state index in [2.05, 4.69) is 23.3 Å². The van der Waals surface area contributed by atoms with Gasteiger partial charge in [0.05, 0.1) is 6.04 Å². The van der Waals surface area contributed by atoms with Crippen LogP contribution in [0.25, 0.3) is 10.9 Å². The number of benzene rings is 2. The molecule has 2 amide bonds. The Morgan fingerprint density at radius 2 is 1.84 bits per heavy atom. The van der Waals surface area contributed by atoms with Crippen LogP contribution in [0.3, 0.4) is 0 Å². The van der Waals surface area contributed by atoms with Crippen LogP contribution in [-0.4, -0.2) is 48.0 Å². The zero-order chi connectivity index (χ0) is 22.3. The van der Waals surface area contributed by atoms with Gasteiger partial charge in [0.25, 0.3) is 5.91 Å². The van der Waals surface area contributed by atoms with Gasteiger partial charge in [0.2, 0.25) is 5.91 Å². The largest absolute Gasteiger partial charge is 0.381 e. The highest BCUT2D eigenvalue weighted by Gasteiger charge is 2.38. The van der Waals surface area contributed by atoms with Crippen molar-refractivity contribution in [2.24, 2.45) is 0 Å². The van der Waals surface area contributed by atoms with Gasteiger partial charge in [0, 0.05) is 61.0 Å². The molecule has 0 fully saturated rings. The van der Waals surface area contributed by atoms with Gasteiger partial charge in [-0.25, -0.2) is 0 Å². The number of carbonyl (C=O) groups is 2. The fraction of sp³-hybridized carbons (Fsp3) is 0.385. The van der Waals surface area contributed by atoms with Gasteiger partial charge in [0.1, 0.15) is 0 Å². The van der Waals surface area contributed by atoms with Gasteiger partial charge in [-0.05, 0) is 30.5 Å². The number of nitrogens with zero attached hydrogens (tertiary/aromatic N) is 1. The van der Waals surface area contributed by atoms with Crippen LogP contribution in [0, 0.1) is 0 Å². The Hall–Kier alpha value is -3.12. The fourth-order valence-electron chi connectivity index (χ4n) is 4.32. The first-order chi connectivity index (χ1) is 15.7. The third-order valence-electron chi connectivity index (χ3n) is 5.98. The molecule has 0 unspecified atom stereocenters. The number of H-pyrrole nitrogens is 1. The van der Waals surface area contributed by atoms with Crippen molar-refractivity contribution in [1.82, 2.24) is 15.2 Å². The van der Waals surface area contributed by atoms with Crippen LogP contribution in [-0.2, 0) is 9.53 Å². The number of nitrogens with one attached hydrogen (secondary N) is 2. The van der Waals surface area contributed by atoms with E-state index in [1.54, 1.807) is 0 Å². The third kappa shape index (κ3) is 4.70. The number of aromatic amines is 1. The summed E-state index contributed by atoms with van der Waals surface area (Å²) in [5.74, 6) is -0.0620. The molecule has 32 heavy (non-hydrogen) atoms. The van der Waals surface area contributed by atoms with Crippen LogP contribution in [0.1, 0.15) is 60.1 Å².